The number of aromatic nitrogens is 4. The molecule has 0 atom stereocenters. The zero-order valence-electron chi connectivity index (χ0n) is 21.2. The molecule has 0 aliphatic carbocycles. The van der Waals surface area contributed by atoms with Crippen molar-refractivity contribution < 1.29 is 0 Å². The minimum atomic E-state index is 1.03. The predicted octanol–water partition coefficient (Wildman–Crippen LogP) is 9.52. The third kappa shape index (κ3) is 4.14. The van der Waals surface area contributed by atoms with E-state index in [1.54, 1.807) is 22.7 Å². The second-order valence-corrected chi connectivity index (χ2v) is 11.7. The fraction of sp³-hybridized carbons (Fsp3) is 0. The molecule has 8 rings (SSSR count). The number of hydrogen-bond donors (Lipinski definition) is 0. The van der Waals surface area contributed by atoms with Crippen LogP contribution in [0.4, 0.5) is 0 Å². The maximum Gasteiger partial charge on any atom is 0.124 e. The van der Waals surface area contributed by atoms with Crippen LogP contribution in [-0.2, 0) is 0 Å². The van der Waals surface area contributed by atoms with Crippen molar-refractivity contribution in [2.75, 3.05) is 0 Å². The van der Waals surface area contributed by atoms with E-state index in [1.165, 1.54) is 31.3 Å². The molecule has 4 nitrogen and oxygen atoms in total. The normalized spacial score (nSPS) is 11.5. The summed E-state index contributed by atoms with van der Waals surface area (Å²) in [6.45, 7) is 0. The van der Waals surface area contributed by atoms with Gasteiger partial charge in [-0.25, -0.2) is 9.97 Å². The minimum Gasteiger partial charge on any atom is -0.265 e. The molecule has 0 fully saturated rings. The van der Waals surface area contributed by atoms with Crippen LogP contribution in [0.25, 0.3) is 74.6 Å². The van der Waals surface area contributed by atoms with E-state index in [2.05, 4.69) is 82.8 Å². The van der Waals surface area contributed by atoms with Crippen LogP contribution in [0.2, 0.25) is 0 Å². The second-order valence-electron chi connectivity index (χ2n) is 9.65. The molecular weight excluding hydrogens is 529 g/mol. The van der Waals surface area contributed by atoms with Crippen LogP contribution >= 0.6 is 22.7 Å². The van der Waals surface area contributed by atoms with Crippen LogP contribution in [-0.4, -0.2) is 19.9 Å². The van der Waals surface area contributed by atoms with Gasteiger partial charge >= 0.3 is 0 Å². The lowest BCUT2D eigenvalue weighted by Crippen LogP contribution is -1.80. The SMILES string of the molecule is c1cc(-c2ccc(-c3nc4cc5cc6sc(-c7ccc(-c8ccncc8)cc7)nc6cc5cc4s3)cc2)ccn1. The standard InChI is InChI=1S/C34H20N4S2/c1-5-25(6-2-21(1)23-9-13-35-14-10-23)33-37-29-17-27-20-32-30(18-28(27)19-31(29)39-33)38-34(40-32)26-7-3-22(4-8-26)24-11-15-36-16-12-24/h1-20H. The van der Waals surface area contributed by atoms with E-state index in [4.69, 9.17) is 9.97 Å². The molecule has 4 aromatic carbocycles. The molecule has 0 saturated carbocycles. The molecule has 0 unspecified atom stereocenters. The van der Waals surface area contributed by atoms with Crippen LogP contribution in [0.5, 0.6) is 0 Å². The summed E-state index contributed by atoms with van der Waals surface area (Å²) in [5, 5.41) is 4.44. The Morgan fingerprint density at radius 1 is 0.375 bits per heavy atom. The maximum atomic E-state index is 4.99. The second kappa shape index (κ2) is 9.45. The molecule has 188 valence electrons. The predicted molar refractivity (Wildman–Crippen MR) is 168 cm³/mol. The van der Waals surface area contributed by atoms with Crippen molar-refractivity contribution in [3.63, 3.8) is 0 Å². The molecule has 0 radical (unpaired) electrons. The van der Waals surface area contributed by atoms with Gasteiger partial charge in [0, 0.05) is 35.9 Å². The van der Waals surface area contributed by atoms with E-state index in [1.807, 2.05) is 49.1 Å². The van der Waals surface area contributed by atoms with Gasteiger partial charge < -0.3 is 0 Å². The highest BCUT2D eigenvalue weighted by Crippen LogP contribution is 2.37. The van der Waals surface area contributed by atoms with Gasteiger partial charge in [-0.05, 0) is 81.6 Å². The highest BCUT2D eigenvalue weighted by molar-refractivity contribution is 7.22. The Morgan fingerprint density at radius 3 is 1.12 bits per heavy atom. The molecule has 0 amide bonds. The van der Waals surface area contributed by atoms with Crippen molar-refractivity contribution in [1.82, 2.24) is 19.9 Å². The van der Waals surface area contributed by atoms with Gasteiger partial charge in [0.25, 0.3) is 0 Å². The zero-order valence-corrected chi connectivity index (χ0v) is 22.8. The quantitative estimate of drug-likeness (QED) is 0.220. The van der Waals surface area contributed by atoms with E-state index < -0.39 is 0 Å². The van der Waals surface area contributed by atoms with E-state index >= 15 is 0 Å². The highest BCUT2D eigenvalue weighted by atomic mass is 32.1. The number of rotatable bonds is 4. The number of benzene rings is 4. The zero-order chi connectivity index (χ0) is 26.5. The third-order valence-electron chi connectivity index (χ3n) is 7.14. The molecule has 6 heteroatoms. The van der Waals surface area contributed by atoms with Gasteiger partial charge in [-0.1, -0.05) is 48.5 Å². The first kappa shape index (κ1) is 23.1. The Balaban J connectivity index is 1.12. The lowest BCUT2D eigenvalue weighted by Gasteiger charge is -2.02. The summed E-state index contributed by atoms with van der Waals surface area (Å²) in [4.78, 5) is 18.2. The van der Waals surface area contributed by atoms with Crippen LogP contribution in [0.1, 0.15) is 0 Å². The largest absolute Gasteiger partial charge is 0.265 e. The topological polar surface area (TPSA) is 51.6 Å². The summed E-state index contributed by atoms with van der Waals surface area (Å²) >= 11 is 3.46. The summed E-state index contributed by atoms with van der Waals surface area (Å²) in [6.07, 6.45) is 7.29. The van der Waals surface area contributed by atoms with Gasteiger partial charge in [0.05, 0.1) is 20.4 Å². The molecule has 4 aromatic heterocycles. The van der Waals surface area contributed by atoms with Crippen LogP contribution in [0, 0.1) is 0 Å². The number of hydrogen-bond acceptors (Lipinski definition) is 6. The number of nitrogens with zero attached hydrogens (tertiary/aromatic N) is 4. The molecule has 0 aliphatic rings. The maximum absolute atomic E-state index is 4.99. The summed E-state index contributed by atoms with van der Waals surface area (Å²) in [5.41, 5.74) is 8.99. The van der Waals surface area contributed by atoms with Gasteiger partial charge in [0.15, 0.2) is 0 Å². The first-order valence-electron chi connectivity index (χ1n) is 12.9. The van der Waals surface area contributed by atoms with Gasteiger partial charge in [0.2, 0.25) is 0 Å². The third-order valence-corrected chi connectivity index (χ3v) is 9.28. The number of fused-ring (bicyclic) bond motifs is 3. The molecule has 4 heterocycles. The molecular formula is C34H20N4S2. The Kier molecular flexibility index (Phi) is 5.47. The van der Waals surface area contributed by atoms with E-state index in [0.717, 1.165) is 43.3 Å². The monoisotopic (exact) mass is 548 g/mol. The van der Waals surface area contributed by atoms with E-state index in [-0.39, 0.29) is 0 Å². The van der Waals surface area contributed by atoms with Crippen molar-refractivity contribution in [3.05, 3.63) is 122 Å². The average molecular weight is 549 g/mol. The first-order chi connectivity index (χ1) is 19.8. The molecule has 0 N–H and O–H groups in total. The van der Waals surface area contributed by atoms with Crippen molar-refractivity contribution in [2.24, 2.45) is 0 Å². The smallest absolute Gasteiger partial charge is 0.124 e. The Hall–Kier alpha value is -4.78. The van der Waals surface area contributed by atoms with Crippen LogP contribution in [0.15, 0.2) is 122 Å². The fourth-order valence-electron chi connectivity index (χ4n) is 5.04. The van der Waals surface area contributed by atoms with Crippen molar-refractivity contribution in [1.29, 1.82) is 0 Å². The number of pyridine rings is 2. The fourth-order valence-corrected chi connectivity index (χ4v) is 7.04. The van der Waals surface area contributed by atoms with Crippen molar-refractivity contribution in [2.45, 2.75) is 0 Å². The summed E-state index contributed by atoms with van der Waals surface area (Å²) in [7, 11) is 0. The minimum absolute atomic E-state index is 1.03. The van der Waals surface area contributed by atoms with E-state index in [0.29, 0.717) is 0 Å². The molecule has 0 bridgehead atoms. The lowest BCUT2D eigenvalue weighted by atomic mass is 10.1. The molecule has 0 saturated heterocycles. The van der Waals surface area contributed by atoms with Crippen LogP contribution in [0.3, 0.4) is 0 Å². The molecule has 0 aliphatic heterocycles. The lowest BCUT2D eigenvalue weighted by molar-refractivity contribution is 1.33. The molecule has 0 spiro atoms. The summed E-state index contributed by atoms with van der Waals surface area (Å²) in [5.74, 6) is 0. The molecule has 40 heavy (non-hydrogen) atoms. The van der Waals surface area contributed by atoms with E-state index in [9.17, 15) is 0 Å². The van der Waals surface area contributed by atoms with Gasteiger partial charge in [0.1, 0.15) is 10.0 Å². The number of thiazole rings is 2. The summed E-state index contributed by atoms with van der Waals surface area (Å²) < 4.78 is 2.37. The van der Waals surface area contributed by atoms with Gasteiger partial charge in [-0.3, -0.25) is 9.97 Å². The summed E-state index contributed by atoms with van der Waals surface area (Å²) in [6, 6.07) is 34.2. The Bertz CT molecular complexity index is 1910. The van der Waals surface area contributed by atoms with Crippen molar-refractivity contribution >= 4 is 53.9 Å². The first-order valence-corrected chi connectivity index (χ1v) is 14.6. The van der Waals surface area contributed by atoms with Crippen molar-refractivity contribution in [3.8, 4) is 43.4 Å². The Labute approximate surface area is 238 Å². The van der Waals surface area contributed by atoms with Gasteiger partial charge in [-0.15, -0.1) is 22.7 Å². The highest BCUT2D eigenvalue weighted by Gasteiger charge is 2.12. The van der Waals surface area contributed by atoms with Crippen LogP contribution < -0.4 is 0 Å². The average Bonchev–Trinajstić information content (AvgIpc) is 3.63. The Morgan fingerprint density at radius 2 is 0.725 bits per heavy atom. The van der Waals surface area contributed by atoms with Gasteiger partial charge in [-0.2, -0.15) is 0 Å². The molecule has 8 aromatic rings.